The molecule has 18 heavy (non-hydrogen) atoms. The van der Waals surface area contributed by atoms with Crippen LogP contribution in [0.1, 0.15) is 12.8 Å². The summed E-state index contributed by atoms with van der Waals surface area (Å²) in [5.74, 6) is 1.42. The van der Waals surface area contributed by atoms with Crippen LogP contribution in [0.5, 0.6) is 0 Å². The van der Waals surface area contributed by atoms with Gasteiger partial charge in [0.1, 0.15) is 0 Å². The molecule has 0 bridgehead atoms. The molecule has 0 saturated heterocycles. The Bertz CT molecular complexity index is 482. The lowest BCUT2D eigenvalue weighted by molar-refractivity contribution is -0.119. The number of amides is 1. The van der Waals surface area contributed by atoms with Gasteiger partial charge in [0.2, 0.25) is 5.91 Å². The Kier molecular flexibility index (Phi) is 2.78. The van der Waals surface area contributed by atoms with E-state index in [2.05, 4.69) is 16.5 Å². The highest BCUT2D eigenvalue weighted by molar-refractivity contribution is 5.99. The lowest BCUT2D eigenvalue weighted by Crippen LogP contribution is -2.45. The molecule has 1 aliphatic carbocycles. The molecular weight excluding hydrogens is 226 g/mol. The zero-order valence-corrected chi connectivity index (χ0v) is 10.4. The van der Waals surface area contributed by atoms with Crippen LogP contribution in [0, 0.1) is 5.92 Å². The number of fused-ring (bicyclic) bond motifs is 1. The molecule has 1 aromatic heterocycles. The summed E-state index contributed by atoms with van der Waals surface area (Å²) in [5.41, 5.74) is 0.947. The molecule has 4 nitrogen and oxygen atoms in total. The number of hydrogen-bond donors (Lipinski definition) is 0. The largest absolute Gasteiger partial charge is 0.349 e. The van der Waals surface area contributed by atoms with Crippen LogP contribution in [0.25, 0.3) is 0 Å². The fraction of sp³-hybridized carbons (Fsp3) is 0.429. The van der Waals surface area contributed by atoms with Crippen LogP contribution in [0.2, 0.25) is 0 Å². The average Bonchev–Trinajstić information content (AvgIpc) is 3.23. The molecule has 1 aromatic rings. The second-order valence-electron chi connectivity index (χ2n) is 4.84. The van der Waals surface area contributed by atoms with Gasteiger partial charge in [0.05, 0.1) is 5.69 Å². The normalized spacial score (nSPS) is 18.4. The number of nitrogens with zero attached hydrogens (tertiary/aromatic N) is 3. The monoisotopic (exact) mass is 243 g/mol. The van der Waals surface area contributed by atoms with Crippen LogP contribution in [-0.4, -0.2) is 30.5 Å². The Balaban J connectivity index is 1.93. The highest BCUT2D eigenvalue weighted by Crippen LogP contribution is 2.37. The van der Waals surface area contributed by atoms with Crippen LogP contribution >= 0.6 is 0 Å². The summed E-state index contributed by atoms with van der Waals surface area (Å²) in [6.45, 7) is 6.12. The van der Waals surface area contributed by atoms with E-state index in [1.807, 2.05) is 23.1 Å². The lowest BCUT2D eigenvalue weighted by Gasteiger charge is -2.36. The number of rotatable bonds is 3. The van der Waals surface area contributed by atoms with Crippen LogP contribution in [0.3, 0.4) is 0 Å². The van der Waals surface area contributed by atoms with Gasteiger partial charge in [-0.2, -0.15) is 0 Å². The maximum Gasteiger partial charge on any atom is 0.230 e. The molecule has 0 spiro atoms. The molecule has 1 saturated carbocycles. The Labute approximate surface area is 107 Å². The van der Waals surface area contributed by atoms with E-state index >= 15 is 0 Å². The van der Waals surface area contributed by atoms with E-state index in [9.17, 15) is 4.79 Å². The first-order chi connectivity index (χ1) is 8.81. The van der Waals surface area contributed by atoms with Crippen molar-refractivity contribution in [3.63, 3.8) is 0 Å². The van der Waals surface area contributed by atoms with Gasteiger partial charge in [-0.05, 0) is 25.0 Å². The first-order valence-electron chi connectivity index (χ1n) is 6.43. The summed E-state index contributed by atoms with van der Waals surface area (Å²) in [4.78, 5) is 20.7. The third-order valence-electron chi connectivity index (χ3n) is 3.49. The Morgan fingerprint density at radius 2 is 2.33 bits per heavy atom. The van der Waals surface area contributed by atoms with Gasteiger partial charge in [-0.3, -0.25) is 4.79 Å². The average molecular weight is 243 g/mol. The Hall–Kier alpha value is -1.84. The fourth-order valence-electron chi connectivity index (χ4n) is 2.40. The highest BCUT2D eigenvalue weighted by atomic mass is 16.2. The van der Waals surface area contributed by atoms with Crippen molar-refractivity contribution in [2.75, 3.05) is 29.4 Å². The molecule has 0 aromatic carbocycles. The van der Waals surface area contributed by atoms with Crippen molar-refractivity contribution in [1.29, 1.82) is 0 Å². The molecule has 1 amide bonds. The molecule has 0 radical (unpaired) electrons. The van der Waals surface area contributed by atoms with Crippen molar-refractivity contribution in [1.82, 2.24) is 4.98 Å². The van der Waals surface area contributed by atoms with Crippen molar-refractivity contribution in [2.45, 2.75) is 12.8 Å². The highest BCUT2D eigenvalue weighted by Gasteiger charge is 2.36. The number of carbonyl (C=O) groups is 1. The second kappa shape index (κ2) is 4.44. The summed E-state index contributed by atoms with van der Waals surface area (Å²) < 4.78 is 0. The number of carbonyl (C=O) groups excluding carboxylic acids is 1. The van der Waals surface area contributed by atoms with E-state index in [1.54, 1.807) is 6.20 Å². The van der Waals surface area contributed by atoms with E-state index < -0.39 is 0 Å². The maximum absolute atomic E-state index is 12.2. The molecule has 94 valence electrons. The Morgan fingerprint density at radius 1 is 1.50 bits per heavy atom. The van der Waals surface area contributed by atoms with E-state index in [4.69, 9.17) is 0 Å². The molecular formula is C14H17N3O. The molecule has 0 unspecified atom stereocenters. The zero-order chi connectivity index (χ0) is 12.5. The molecule has 1 aliphatic heterocycles. The summed E-state index contributed by atoms with van der Waals surface area (Å²) in [7, 11) is 0. The number of pyridine rings is 1. The van der Waals surface area contributed by atoms with Gasteiger partial charge in [-0.1, -0.05) is 6.08 Å². The van der Waals surface area contributed by atoms with Crippen LogP contribution in [0.4, 0.5) is 11.5 Å². The lowest BCUT2D eigenvalue weighted by atomic mass is 10.2. The standard InChI is InChI=1S/C14H17N3O/c1-2-8-16-9-10-17(14(18)11-5-6-11)12-4-3-7-15-13(12)16/h2-4,7,11H,1,5-6,8-10H2. The third kappa shape index (κ3) is 1.88. The SMILES string of the molecule is C=CCN1CCN(C(=O)C2CC2)c2cccnc21. The molecule has 1 fully saturated rings. The van der Waals surface area contributed by atoms with Gasteiger partial charge in [0.25, 0.3) is 0 Å². The van der Waals surface area contributed by atoms with Crippen LogP contribution in [0.15, 0.2) is 31.0 Å². The molecule has 0 N–H and O–H groups in total. The summed E-state index contributed by atoms with van der Waals surface area (Å²) in [5, 5.41) is 0. The number of anilines is 2. The molecule has 2 heterocycles. The summed E-state index contributed by atoms with van der Waals surface area (Å²) >= 11 is 0. The van der Waals surface area contributed by atoms with Gasteiger partial charge in [-0.25, -0.2) is 4.98 Å². The smallest absolute Gasteiger partial charge is 0.230 e. The van der Waals surface area contributed by atoms with Crippen molar-refractivity contribution in [2.24, 2.45) is 5.92 Å². The van der Waals surface area contributed by atoms with Crippen molar-refractivity contribution < 1.29 is 4.79 Å². The van der Waals surface area contributed by atoms with E-state index in [1.165, 1.54) is 0 Å². The van der Waals surface area contributed by atoms with Crippen LogP contribution < -0.4 is 9.80 Å². The van der Waals surface area contributed by atoms with Gasteiger partial charge >= 0.3 is 0 Å². The minimum absolute atomic E-state index is 0.254. The number of hydrogen-bond acceptors (Lipinski definition) is 3. The van der Waals surface area contributed by atoms with E-state index in [0.717, 1.165) is 44.0 Å². The van der Waals surface area contributed by atoms with E-state index in [0.29, 0.717) is 0 Å². The summed E-state index contributed by atoms with van der Waals surface area (Å²) in [6, 6.07) is 3.88. The number of aromatic nitrogens is 1. The predicted octanol–water partition coefficient (Wildman–Crippen LogP) is 1.83. The first kappa shape index (κ1) is 11.3. The first-order valence-corrected chi connectivity index (χ1v) is 6.43. The minimum Gasteiger partial charge on any atom is -0.349 e. The second-order valence-corrected chi connectivity index (χ2v) is 4.84. The Morgan fingerprint density at radius 3 is 3.06 bits per heavy atom. The minimum atomic E-state index is 0.254. The summed E-state index contributed by atoms with van der Waals surface area (Å²) in [6.07, 6.45) is 5.74. The van der Waals surface area contributed by atoms with E-state index in [-0.39, 0.29) is 11.8 Å². The molecule has 4 heteroatoms. The van der Waals surface area contributed by atoms with Crippen molar-refractivity contribution in [3.8, 4) is 0 Å². The van der Waals surface area contributed by atoms with Gasteiger partial charge in [0, 0.05) is 31.7 Å². The zero-order valence-electron chi connectivity index (χ0n) is 10.4. The molecule has 2 aliphatic rings. The maximum atomic E-state index is 12.2. The third-order valence-corrected chi connectivity index (χ3v) is 3.49. The topological polar surface area (TPSA) is 36.4 Å². The van der Waals surface area contributed by atoms with Crippen molar-refractivity contribution in [3.05, 3.63) is 31.0 Å². The van der Waals surface area contributed by atoms with Crippen molar-refractivity contribution >= 4 is 17.4 Å². The van der Waals surface area contributed by atoms with Crippen LogP contribution in [-0.2, 0) is 4.79 Å². The quantitative estimate of drug-likeness (QED) is 0.760. The fourth-order valence-corrected chi connectivity index (χ4v) is 2.40. The van der Waals surface area contributed by atoms with Gasteiger partial charge in [0.15, 0.2) is 5.82 Å². The van der Waals surface area contributed by atoms with Gasteiger partial charge in [-0.15, -0.1) is 6.58 Å². The predicted molar refractivity (Wildman–Crippen MR) is 71.7 cm³/mol. The van der Waals surface area contributed by atoms with Gasteiger partial charge < -0.3 is 9.80 Å². The molecule has 3 rings (SSSR count). The molecule has 0 atom stereocenters.